The highest BCUT2D eigenvalue weighted by Gasteiger charge is 2.06. The van der Waals surface area contributed by atoms with Crippen LogP contribution in [0.4, 0.5) is 5.13 Å². The maximum atomic E-state index is 12.1. The number of aromatic nitrogens is 2. The van der Waals surface area contributed by atoms with Gasteiger partial charge >= 0.3 is 0 Å². The van der Waals surface area contributed by atoms with Crippen molar-refractivity contribution >= 4 is 40.2 Å². The second-order valence-corrected chi connectivity index (χ2v) is 7.55. The van der Waals surface area contributed by atoms with Gasteiger partial charge in [0.1, 0.15) is 0 Å². The predicted molar refractivity (Wildman–Crippen MR) is 110 cm³/mol. The van der Waals surface area contributed by atoms with Crippen LogP contribution in [0.5, 0.6) is 0 Å². The van der Waals surface area contributed by atoms with Crippen LogP contribution in [-0.2, 0) is 4.79 Å². The number of benzene rings is 1. The molecule has 0 atom stereocenters. The molecule has 2 aromatic heterocycles. The third-order valence-corrected chi connectivity index (χ3v) is 5.45. The Bertz CT molecular complexity index is 874. The monoisotopic (exact) mass is 381 g/mol. The lowest BCUT2D eigenvalue weighted by molar-refractivity contribution is -0.111. The number of carbonyl (C=O) groups is 1. The highest BCUT2D eigenvalue weighted by molar-refractivity contribution is 7.99. The third kappa shape index (κ3) is 5.28. The van der Waals surface area contributed by atoms with Crippen molar-refractivity contribution in [3.05, 3.63) is 65.8 Å². The van der Waals surface area contributed by atoms with Gasteiger partial charge < -0.3 is 0 Å². The van der Waals surface area contributed by atoms with E-state index in [9.17, 15) is 4.79 Å². The number of anilines is 1. The first kappa shape index (κ1) is 18.4. The molecule has 0 spiro atoms. The van der Waals surface area contributed by atoms with Gasteiger partial charge in [-0.2, -0.15) is 0 Å². The normalized spacial score (nSPS) is 11.0. The van der Waals surface area contributed by atoms with E-state index in [1.165, 1.54) is 22.3 Å². The Morgan fingerprint density at radius 2 is 2.12 bits per heavy atom. The zero-order valence-electron chi connectivity index (χ0n) is 14.4. The van der Waals surface area contributed by atoms with Crippen LogP contribution in [-0.4, -0.2) is 21.6 Å². The van der Waals surface area contributed by atoms with Crippen molar-refractivity contribution in [2.75, 3.05) is 11.1 Å². The Balaban J connectivity index is 1.57. The second-order valence-electron chi connectivity index (χ2n) is 5.52. The third-order valence-electron chi connectivity index (χ3n) is 3.47. The van der Waals surface area contributed by atoms with Gasteiger partial charge in [-0.3, -0.25) is 15.1 Å². The van der Waals surface area contributed by atoms with Crippen molar-refractivity contribution in [1.82, 2.24) is 9.97 Å². The van der Waals surface area contributed by atoms with Gasteiger partial charge in [0.2, 0.25) is 5.91 Å². The Kier molecular flexibility index (Phi) is 6.57. The molecule has 0 fully saturated rings. The molecule has 3 aromatic rings. The molecule has 0 aliphatic carbocycles. The van der Waals surface area contributed by atoms with Gasteiger partial charge in [-0.25, -0.2) is 4.98 Å². The highest BCUT2D eigenvalue weighted by atomic mass is 32.2. The van der Waals surface area contributed by atoms with Crippen LogP contribution in [0.1, 0.15) is 18.9 Å². The Morgan fingerprint density at radius 3 is 2.85 bits per heavy atom. The number of thiazole rings is 1. The van der Waals surface area contributed by atoms with Crippen molar-refractivity contribution in [2.24, 2.45) is 0 Å². The smallest absolute Gasteiger partial charge is 0.250 e. The Labute approximate surface area is 161 Å². The number of thioether (sulfide) groups is 1. The van der Waals surface area contributed by atoms with Crippen LogP contribution in [0, 0.1) is 0 Å². The standard InChI is InChI=1S/C20H19N3OS2/c1-2-12-25-17-8-5-15(6-9-17)7-10-19(24)23-20-22-18(14-26-20)16-4-3-11-21-13-16/h3-11,13-14H,2,12H2,1H3,(H,22,23,24)/b10-7+. The van der Waals surface area contributed by atoms with Gasteiger partial charge in [-0.15, -0.1) is 23.1 Å². The van der Waals surface area contributed by atoms with E-state index in [0.29, 0.717) is 5.13 Å². The second kappa shape index (κ2) is 9.31. The van der Waals surface area contributed by atoms with Gasteiger partial charge in [0, 0.05) is 34.3 Å². The fourth-order valence-corrected chi connectivity index (χ4v) is 3.68. The molecule has 6 heteroatoms. The van der Waals surface area contributed by atoms with Gasteiger partial charge in [0.15, 0.2) is 5.13 Å². The Morgan fingerprint density at radius 1 is 1.27 bits per heavy atom. The average Bonchev–Trinajstić information content (AvgIpc) is 3.14. The largest absolute Gasteiger partial charge is 0.298 e. The summed E-state index contributed by atoms with van der Waals surface area (Å²) < 4.78 is 0. The van der Waals surface area contributed by atoms with Crippen LogP contribution in [0.15, 0.2) is 65.1 Å². The molecule has 0 saturated heterocycles. The molecule has 26 heavy (non-hydrogen) atoms. The minimum atomic E-state index is -0.193. The van der Waals surface area contributed by atoms with Crippen molar-refractivity contribution in [2.45, 2.75) is 18.2 Å². The maximum Gasteiger partial charge on any atom is 0.250 e. The van der Waals surface area contributed by atoms with Gasteiger partial charge in [0.05, 0.1) is 5.69 Å². The predicted octanol–water partition coefficient (Wildman–Crippen LogP) is 5.36. The topological polar surface area (TPSA) is 54.9 Å². The van der Waals surface area contributed by atoms with E-state index in [1.54, 1.807) is 18.5 Å². The maximum absolute atomic E-state index is 12.1. The lowest BCUT2D eigenvalue weighted by atomic mass is 10.2. The number of carbonyl (C=O) groups excluding carboxylic acids is 1. The van der Waals surface area contributed by atoms with E-state index in [2.05, 4.69) is 34.3 Å². The molecule has 0 radical (unpaired) electrons. The number of nitrogens with zero attached hydrogens (tertiary/aromatic N) is 2. The summed E-state index contributed by atoms with van der Waals surface area (Å²) in [4.78, 5) is 21.8. The number of pyridine rings is 1. The Hall–Kier alpha value is -2.44. The van der Waals surface area contributed by atoms with E-state index in [-0.39, 0.29) is 5.91 Å². The molecule has 2 heterocycles. The van der Waals surface area contributed by atoms with Crippen LogP contribution >= 0.6 is 23.1 Å². The summed E-state index contributed by atoms with van der Waals surface area (Å²) in [5, 5.41) is 5.28. The number of amides is 1. The molecule has 0 aliphatic rings. The molecule has 4 nitrogen and oxygen atoms in total. The summed E-state index contributed by atoms with van der Waals surface area (Å²) in [5.41, 5.74) is 2.74. The van der Waals surface area contributed by atoms with Gasteiger partial charge in [0.25, 0.3) is 0 Å². The summed E-state index contributed by atoms with van der Waals surface area (Å²) >= 11 is 3.24. The molecule has 0 saturated carbocycles. The molecule has 1 N–H and O–H groups in total. The quantitative estimate of drug-likeness (QED) is 0.442. The van der Waals surface area contributed by atoms with Gasteiger partial charge in [-0.1, -0.05) is 19.1 Å². The summed E-state index contributed by atoms with van der Waals surface area (Å²) in [5.74, 6) is 0.924. The lowest BCUT2D eigenvalue weighted by Gasteiger charge is -2.00. The zero-order chi connectivity index (χ0) is 18.2. The first-order chi connectivity index (χ1) is 12.7. The first-order valence-corrected chi connectivity index (χ1v) is 10.2. The molecule has 0 aliphatic heterocycles. The zero-order valence-corrected chi connectivity index (χ0v) is 16.0. The van der Waals surface area contributed by atoms with Crippen molar-refractivity contribution in [3.8, 4) is 11.3 Å². The van der Waals surface area contributed by atoms with E-state index < -0.39 is 0 Å². The van der Waals surface area contributed by atoms with Crippen LogP contribution < -0.4 is 5.32 Å². The van der Waals surface area contributed by atoms with Gasteiger partial charge in [-0.05, 0) is 48.1 Å². The first-order valence-electron chi connectivity index (χ1n) is 8.32. The number of hydrogen-bond acceptors (Lipinski definition) is 5. The molecule has 1 aromatic carbocycles. The fraction of sp³-hybridized carbons (Fsp3) is 0.150. The van der Waals surface area contributed by atoms with Crippen molar-refractivity contribution < 1.29 is 4.79 Å². The molecule has 3 rings (SSSR count). The molecule has 0 unspecified atom stereocenters. The molecule has 132 valence electrons. The molecular weight excluding hydrogens is 362 g/mol. The average molecular weight is 382 g/mol. The molecule has 0 bridgehead atoms. The van der Waals surface area contributed by atoms with Crippen LogP contribution in [0.2, 0.25) is 0 Å². The summed E-state index contributed by atoms with van der Waals surface area (Å²) in [6.45, 7) is 2.17. The molecule has 1 amide bonds. The summed E-state index contributed by atoms with van der Waals surface area (Å²) in [7, 11) is 0. The minimum Gasteiger partial charge on any atom is -0.298 e. The fourth-order valence-electron chi connectivity index (χ4n) is 2.19. The van der Waals surface area contributed by atoms with E-state index in [1.807, 2.05) is 41.4 Å². The summed E-state index contributed by atoms with van der Waals surface area (Å²) in [6, 6.07) is 12.0. The van der Waals surface area contributed by atoms with Crippen molar-refractivity contribution in [3.63, 3.8) is 0 Å². The summed E-state index contributed by atoms with van der Waals surface area (Å²) in [6.07, 6.45) is 7.96. The lowest BCUT2D eigenvalue weighted by Crippen LogP contribution is -2.07. The van der Waals surface area contributed by atoms with Crippen molar-refractivity contribution in [1.29, 1.82) is 0 Å². The minimum absolute atomic E-state index is 0.193. The van der Waals surface area contributed by atoms with E-state index >= 15 is 0 Å². The van der Waals surface area contributed by atoms with E-state index in [4.69, 9.17) is 0 Å². The number of hydrogen-bond donors (Lipinski definition) is 1. The van der Waals surface area contributed by atoms with Crippen LogP contribution in [0.25, 0.3) is 17.3 Å². The van der Waals surface area contributed by atoms with Crippen LogP contribution in [0.3, 0.4) is 0 Å². The SMILES string of the molecule is CCCSc1ccc(/C=C/C(=O)Nc2nc(-c3cccnc3)cs2)cc1. The number of rotatable bonds is 7. The molecular formula is C20H19N3OS2. The highest BCUT2D eigenvalue weighted by Crippen LogP contribution is 2.24. The number of nitrogens with one attached hydrogen (secondary N) is 1. The van der Waals surface area contributed by atoms with E-state index in [0.717, 1.165) is 29.0 Å².